The van der Waals surface area contributed by atoms with E-state index >= 15 is 0 Å². The fourth-order valence-electron chi connectivity index (χ4n) is 2.73. The Hall–Kier alpha value is -2.58. The number of nitrogens with one attached hydrogen (secondary N) is 1. The monoisotopic (exact) mass is 372 g/mol. The summed E-state index contributed by atoms with van der Waals surface area (Å²) in [6, 6.07) is 4.46. The third-order valence-corrected chi connectivity index (χ3v) is 4.17. The zero-order valence-corrected chi connectivity index (χ0v) is 14.4. The molecule has 2 rings (SSSR count). The molecule has 0 spiro atoms. The van der Waals surface area contributed by atoms with Crippen molar-refractivity contribution in [2.45, 2.75) is 25.0 Å². The number of likely N-dealkylation sites (tertiary alicyclic amines) is 1. The van der Waals surface area contributed by atoms with Crippen molar-refractivity contribution in [1.29, 1.82) is 0 Å². The number of alkyl halides is 2. The third-order valence-electron chi connectivity index (χ3n) is 4.17. The lowest BCUT2D eigenvalue weighted by Gasteiger charge is -2.31. The fraction of sp³-hybridized carbons (Fsp3) is 0.529. The summed E-state index contributed by atoms with van der Waals surface area (Å²) in [6.45, 7) is -1.16. The highest BCUT2D eigenvalue weighted by atomic mass is 19.1. The van der Waals surface area contributed by atoms with Gasteiger partial charge in [-0.25, -0.2) is 18.4 Å². The summed E-state index contributed by atoms with van der Waals surface area (Å²) >= 11 is 0. The standard InChI is InChI=1S/C17H22F2N2O5/c1-25-16(22)14-8-12(26-13(9-18)10-19)2-3-15(14)20-11-4-6-21(7-5-11)17(23)24/h2-3,8,11,13,20H,4-7,9-10H2,1H3,(H,23,24). The molecule has 1 aromatic carbocycles. The molecule has 144 valence electrons. The van der Waals surface area contributed by atoms with Crippen LogP contribution in [0.15, 0.2) is 18.2 Å². The second-order valence-corrected chi connectivity index (χ2v) is 5.94. The Morgan fingerprint density at radius 3 is 2.50 bits per heavy atom. The van der Waals surface area contributed by atoms with Gasteiger partial charge in [0.05, 0.1) is 12.7 Å². The molecule has 2 N–H and O–H groups in total. The summed E-state index contributed by atoms with van der Waals surface area (Å²) in [4.78, 5) is 24.3. The predicted octanol–water partition coefficient (Wildman–Crippen LogP) is 2.71. The van der Waals surface area contributed by atoms with E-state index in [1.807, 2.05) is 0 Å². The number of halogens is 2. The first-order chi connectivity index (χ1) is 12.5. The fourth-order valence-corrected chi connectivity index (χ4v) is 2.73. The number of benzene rings is 1. The molecule has 1 amide bonds. The van der Waals surface area contributed by atoms with E-state index in [1.54, 1.807) is 6.07 Å². The second-order valence-electron chi connectivity index (χ2n) is 5.94. The van der Waals surface area contributed by atoms with Gasteiger partial charge in [-0.1, -0.05) is 0 Å². The van der Waals surface area contributed by atoms with Crippen LogP contribution in [-0.4, -0.2) is 67.8 Å². The van der Waals surface area contributed by atoms with Crippen LogP contribution in [0.25, 0.3) is 0 Å². The van der Waals surface area contributed by atoms with Gasteiger partial charge >= 0.3 is 12.1 Å². The summed E-state index contributed by atoms with van der Waals surface area (Å²) in [5.41, 5.74) is 0.678. The Bertz CT molecular complexity index is 632. The van der Waals surface area contributed by atoms with E-state index in [1.165, 1.54) is 24.1 Å². The van der Waals surface area contributed by atoms with Gasteiger partial charge in [0.2, 0.25) is 0 Å². The van der Waals surface area contributed by atoms with Crippen LogP contribution >= 0.6 is 0 Å². The van der Waals surface area contributed by atoms with E-state index in [0.29, 0.717) is 31.6 Å². The molecule has 0 unspecified atom stereocenters. The number of carbonyl (C=O) groups is 2. The van der Waals surface area contributed by atoms with Crippen LogP contribution in [-0.2, 0) is 4.74 Å². The number of piperidine rings is 1. The van der Waals surface area contributed by atoms with Crippen molar-refractivity contribution < 1.29 is 33.0 Å². The molecule has 0 bridgehead atoms. The zero-order chi connectivity index (χ0) is 19.1. The minimum absolute atomic E-state index is 0.00907. The van der Waals surface area contributed by atoms with E-state index in [0.717, 1.165) is 0 Å². The molecule has 1 aromatic rings. The van der Waals surface area contributed by atoms with Gasteiger partial charge in [0.1, 0.15) is 19.1 Å². The number of carboxylic acid groups (broad SMARTS) is 1. The van der Waals surface area contributed by atoms with Gasteiger partial charge in [-0.05, 0) is 31.0 Å². The number of amides is 1. The Morgan fingerprint density at radius 2 is 1.96 bits per heavy atom. The molecule has 0 radical (unpaired) electrons. The van der Waals surface area contributed by atoms with Crippen molar-refractivity contribution in [3.8, 4) is 5.75 Å². The molecular weight excluding hydrogens is 350 g/mol. The molecular formula is C17H22F2N2O5. The summed E-state index contributed by atoms with van der Waals surface area (Å²) < 4.78 is 35.2. The van der Waals surface area contributed by atoms with Gasteiger partial charge in [0.15, 0.2) is 6.10 Å². The highest BCUT2D eigenvalue weighted by Gasteiger charge is 2.24. The number of carbonyl (C=O) groups excluding carboxylic acids is 1. The van der Waals surface area contributed by atoms with Crippen molar-refractivity contribution in [2.75, 3.05) is 38.9 Å². The molecule has 1 aliphatic rings. The van der Waals surface area contributed by atoms with Crippen LogP contribution < -0.4 is 10.1 Å². The lowest BCUT2D eigenvalue weighted by atomic mass is 10.0. The maximum absolute atomic E-state index is 12.6. The number of methoxy groups -OCH3 is 1. The number of rotatable bonds is 7. The smallest absolute Gasteiger partial charge is 0.407 e. The van der Waals surface area contributed by atoms with Crippen molar-refractivity contribution in [3.63, 3.8) is 0 Å². The lowest BCUT2D eigenvalue weighted by molar-refractivity contribution is 0.0600. The zero-order valence-electron chi connectivity index (χ0n) is 14.4. The summed E-state index contributed by atoms with van der Waals surface area (Å²) in [7, 11) is 1.23. The van der Waals surface area contributed by atoms with Crippen LogP contribution in [0.1, 0.15) is 23.2 Å². The van der Waals surface area contributed by atoms with Gasteiger partial charge in [-0.15, -0.1) is 0 Å². The van der Waals surface area contributed by atoms with E-state index in [-0.39, 0.29) is 17.4 Å². The molecule has 0 aliphatic carbocycles. The summed E-state index contributed by atoms with van der Waals surface area (Å²) in [6.07, 6.45) is -0.983. The molecule has 1 aliphatic heterocycles. The average Bonchev–Trinajstić information content (AvgIpc) is 2.66. The Labute approximate surface area is 149 Å². The minimum atomic E-state index is -1.22. The number of esters is 1. The molecule has 0 atom stereocenters. The van der Waals surface area contributed by atoms with E-state index in [4.69, 9.17) is 14.6 Å². The van der Waals surface area contributed by atoms with Crippen LogP contribution in [0.4, 0.5) is 19.3 Å². The number of ether oxygens (including phenoxy) is 2. The van der Waals surface area contributed by atoms with Crippen molar-refractivity contribution in [3.05, 3.63) is 23.8 Å². The third kappa shape index (κ3) is 4.96. The highest BCUT2D eigenvalue weighted by Crippen LogP contribution is 2.26. The van der Waals surface area contributed by atoms with Gasteiger partial charge in [-0.3, -0.25) is 0 Å². The average molecular weight is 372 g/mol. The van der Waals surface area contributed by atoms with Gasteiger partial charge in [0.25, 0.3) is 0 Å². The summed E-state index contributed by atoms with van der Waals surface area (Å²) in [5.74, 6) is -0.449. The van der Waals surface area contributed by atoms with Crippen molar-refractivity contribution in [1.82, 2.24) is 4.90 Å². The molecule has 1 saturated heterocycles. The number of hydrogen-bond donors (Lipinski definition) is 2. The molecule has 7 nitrogen and oxygen atoms in total. The summed E-state index contributed by atoms with van der Waals surface area (Å²) in [5, 5.41) is 12.2. The Morgan fingerprint density at radius 1 is 1.31 bits per heavy atom. The lowest BCUT2D eigenvalue weighted by Crippen LogP contribution is -2.41. The van der Waals surface area contributed by atoms with Crippen LogP contribution in [0.3, 0.4) is 0 Å². The molecule has 1 heterocycles. The molecule has 0 aromatic heterocycles. The van der Waals surface area contributed by atoms with Crippen molar-refractivity contribution in [2.24, 2.45) is 0 Å². The largest absolute Gasteiger partial charge is 0.485 e. The Kier molecular flexibility index (Phi) is 6.99. The van der Waals surface area contributed by atoms with Crippen LogP contribution in [0, 0.1) is 0 Å². The van der Waals surface area contributed by atoms with Crippen molar-refractivity contribution >= 4 is 17.7 Å². The Balaban J connectivity index is 2.12. The van der Waals surface area contributed by atoms with E-state index in [9.17, 15) is 18.4 Å². The quantitative estimate of drug-likeness (QED) is 0.716. The number of anilines is 1. The molecule has 26 heavy (non-hydrogen) atoms. The second kappa shape index (κ2) is 9.21. The normalized spacial score (nSPS) is 15.0. The predicted molar refractivity (Wildman–Crippen MR) is 90.4 cm³/mol. The van der Waals surface area contributed by atoms with Gasteiger partial charge < -0.3 is 24.8 Å². The first kappa shape index (κ1) is 19.7. The maximum atomic E-state index is 12.6. The molecule has 1 fully saturated rings. The maximum Gasteiger partial charge on any atom is 0.407 e. The first-order valence-electron chi connectivity index (χ1n) is 8.23. The topological polar surface area (TPSA) is 88.1 Å². The number of nitrogens with zero attached hydrogens (tertiary/aromatic N) is 1. The first-order valence-corrected chi connectivity index (χ1v) is 8.23. The highest BCUT2D eigenvalue weighted by molar-refractivity contribution is 5.96. The minimum Gasteiger partial charge on any atom is -0.485 e. The van der Waals surface area contributed by atoms with Crippen LogP contribution in [0.2, 0.25) is 0 Å². The van der Waals surface area contributed by atoms with E-state index in [2.05, 4.69) is 5.32 Å². The molecule has 9 heteroatoms. The van der Waals surface area contributed by atoms with Gasteiger partial charge in [-0.2, -0.15) is 0 Å². The molecule has 0 saturated carbocycles. The SMILES string of the molecule is COC(=O)c1cc(OC(CF)CF)ccc1NC1CCN(C(=O)O)CC1. The van der Waals surface area contributed by atoms with Gasteiger partial charge in [0, 0.05) is 24.8 Å². The number of hydrogen-bond acceptors (Lipinski definition) is 5. The van der Waals surface area contributed by atoms with E-state index < -0.39 is 31.5 Å². The van der Waals surface area contributed by atoms with Crippen LogP contribution in [0.5, 0.6) is 5.75 Å².